The van der Waals surface area contributed by atoms with Gasteiger partial charge in [-0.2, -0.15) is 0 Å². The van der Waals surface area contributed by atoms with Gasteiger partial charge >= 0.3 is 0 Å². The lowest BCUT2D eigenvalue weighted by Crippen LogP contribution is -2.44. The van der Waals surface area contributed by atoms with E-state index in [0.29, 0.717) is 24.7 Å². The Morgan fingerprint density at radius 2 is 1.70 bits per heavy atom. The first-order valence-corrected chi connectivity index (χ1v) is 10.2. The number of sulfonamides is 1. The molecule has 0 radical (unpaired) electrons. The van der Waals surface area contributed by atoms with Gasteiger partial charge in [0, 0.05) is 32.2 Å². The first-order valence-electron chi connectivity index (χ1n) is 8.71. The Hall–Kier alpha value is -2.59. The third kappa shape index (κ3) is 3.91. The monoisotopic (exact) mass is 391 g/mol. The summed E-state index contributed by atoms with van der Waals surface area (Å²) in [6, 6.07) is 7.91. The number of hydrogen-bond donors (Lipinski definition) is 1. The summed E-state index contributed by atoms with van der Waals surface area (Å²) in [4.78, 5) is 4.46. The van der Waals surface area contributed by atoms with Crippen molar-refractivity contribution < 1.29 is 17.9 Å². The summed E-state index contributed by atoms with van der Waals surface area (Å²) in [6.07, 6.45) is 0. The first-order chi connectivity index (χ1) is 13.0. The second kappa shape index (κ2) is 7.20. The zero-order valence-corrected chi connectivity index (χ0v) is 15.8. The average Bonchev–Trinajstić information content (AvgIpc) is 2.68. The van der Waals surface area contributed by atoms with Crippen molar-refractivity contribution in [2.24, 2.45) is 0 Å². The fourth-order valence-electron chi connectivity index (χ4n) is 2.97. The van der Waals surface area contributed by atoms with Crippen LogP contribution in [0.4, 0.5) is 11.6 Å². The molecule has 1 N–H and O–H groups in total. The number of ether oxygens (including phenoxy) is 2. The molecule has 10 heteroatoms. The molecule has 0 bridgehead atoms. The van der Waals surface area contributed by atoms with E-state index in [-0.39, 0.29) is 10.7 Å². The van der Waals surface area contributed by atoms with Crippen LogP contribution in [0.15, 0.2) is 35.2 Å². The van der Waals surface area contributed by atoms with Gasteiger partial charge in [-0.1, -0.05) is 0 Å². The van der Waals surface area contributed by atoms with Crippen LogP contribution in [-0.2, 0) is 10.0 Å². The quantitative estimate of drug-likeness (QED) is 0.818. The van der Waals surface area contributed by atoms with Crippen molar-refractivity contribution in [2.45, 2.75) is 4.90 Å². The van der Waals surface area contributed by atoms with E-state index in [9.17, 15) is 8.42 Å². The van der Waals surface area contributed by atoms with Gasteiger partial charge in [-0.15, -0.1) is 10.2 Å². The molecule has 4 rings (SSSR count). The highest BCUT2D eigenvalue weighted by molar-refractivity contribution is 7.92. The number of hydrogen-bond acceptors (Lipinski definition) is 8. The largest absolute Gasteiger partial charge is 0.486 e. The second-order valence-corrected chi connectivity index (χ2v) is 8.16. The van der Waals surface area contributed by atoms with Crippen LogP contribution in [0.1, 0.15) is 0 Å². The minimum absolute atomic E-state index is 0.0803. The van der Waals surface area contributed by atoms with Gasteiger partial charge in [0.1, 0.15) is 13.2 Å². The molecule has 0 atom stereocenters. The maximum absolute atomic E-state index is 12.6. The van der Waals surface area contributed by atoms with Crippen molar-refractivity contribution in [3.05, 3.63) is 30.3 Å². The van der Waals surface area contributed by atoms with Crippen LogP contribution in [0.5, 0.6) is 11.5 Å². The highest BCUT2D eigenvalue weighted by Crippen LogP contribution is 2.32. The Morgan fingerprint density at radius 1 is 0.963 bits per heavy atom. The van der Waals surface area contributed by atoms with Crippen LogP contribution >= 0.6 is 0 Å². The fourth-order valence-corrected chi connectivity index (χ4v) is 3.98. The molecule has 2 aliphatic heterocycles. The van der Waals surface area contributed by atoms with Gasteiger partial charge in [-0.3, -0.25) is 4.72 Å². The van der Waals surface area contributed by atoms with Crippen LogP contribution in [0.25, 0.3) is 0 Å². The number of likely N-dealkylation sites (N-methyl/N-ethyl adjacent to an activating group) is 1. The van der Waals surface area contributed by atoms with Crippen molar-refractivity contribution in [1.29, 1.82) is 0 Å². The molecule has 144 valence electrons. The predicted molar refractivity (Wildman–Crippen MR) is 100.0 cm³/mol. The standard InChI is InChI=1S/C17H21N5O4S/c1-21-6-8-22(9-7-21)17-5-4-16(18-19-17)20-27(23,24)13-2-3-14-15(12-13)26-11-10-25-14/h2-5,12H,6-11H2,1H3,(H,18,20). The van der Waals surface area contributed by atoms with E-state index in [0.717, 1.165) is 32.0 Å². The summed E-state index contributed by atoms with van der Waals surface area (Å²) >= 11 is 0. The molecule has 1 aromatic heterocycles. The van der Waals surface area contributed by atoms with E-state index < -0.39 is 10.0 Å². The molecule has 1 aromatic carbocycles. The number of aromatic nitrogens is 2. The number of anilines is 2. The van der Waals surface area contributed by atoms with Gasteiger partial charge in [0.05, 0.1) is 4.90 Å². The number of nitrogens with zero attached hydrogens (tertiary/aromatic N) is 4. The van der Waals surface area contributed by atoms with E-state index in [4.69, 9.17) is 9.47 Å². The van der Waals surface area contributed by atoms with Gasteiger partial charge in [0.25, 0.3) is 10.0 Å². The number of fused-ring (bicyclic) bond motifs is 1. The summed E-state index contributed by atoms with van der Waals surface area (Å²) in [6.45, 7) is 4.50. The zero-order chi connectivity index (χ0) is 18.9. The minimum atomic E-state index is -3.80. The summed E-state index contributed by atoms with van der Waals surface area (Å²) < 4.78 is 38.6. The molecular weight excluding hydrogens is 370 g/mol. The minimum Gasteiger partial charge on any atom is -0.486 e. The topological polar surface area (TPSA) is 96.9 Å². The molecule has 0 spiro atoms. The van der Waals surface area contributed by atoms with E-state index in [1.807, 2.05) is 0 Å². The Labute approximate surface area is 157 Å². The maximum Gasteiger partial charge on any atom is 0.263 e. The zero-order valence-electron chi connectivity index (χ0n) is 15.0. The first kappa shape index (κ1) is 17.8. The molecule has 2 aliphatic rings. The van der Waals surface area contributed by atoms with Crippen LogP contribution < -0.4 is 19.1 Å². The molecule has 9 nitrogen and oxygen atoms in total. The fraction of sp³-hybridized carbons (Fsp3) is 0.412. The van der Waals surface area contributed by atoms with E-state index in [2.05, 4.69) is 31.8 Å². The molecule has 1 saturated heterocycles. The molecule has 3 heterocycles. The highest BCUT2D eigenvalue weighted by atomic mass is 32.2. The molecule has 27 heavy (non-hydrogen) atoms. The molecular formula is C17H21N5O4S. The Morgan fingerprint density at radius 3 is 2.41 bits per heavy atom. The maximum atomic E-state index is 12.6. The van der Waals surface area contributed by atoms with E-state index in [1.165, 1.54) is 12.1 Å². The number of benzene rings is 1. The number of nitrogens with one attached hydrogen (secondary N) is 1. The van der Waals surface area contributed by atoms with Gasteiger partial charge in [0.2, 0.25) is 0 Å². The lowest BCUT2D eigenvalue weighted by molar-refractivity contribution is 0.171. The van der Waals surface area contributed by atoms with Crippen molar-refractivity contribution in [1.82, 2.24) is 15.1 Å². The smallest absolute Gasteiger partial charge is 0.263 e. The van der Waals surface area contributed by atoms with Gasteiger partial charge < -0.3 is 19.3 Å². The Balaban J connectivity index is 1.48. The Kier molecular flexibility index (Phi) is 4.75. The van der Waals surface area contributed by atoms with E-state index in [1.54, 1.807) is 18.2 Å². The Bertz CT molecular complexity index is 911. The molecule has 1 fully saturated rings. The van der Waals surface area contributed by atoms with Gasteiger partial charge in [-0.25, -0.2) is 8.42 Å². The lowest BCUT2D eigenvalue weighted by Gasteiger charge is -2.32. The summed E-state index contributed by atoms with van der Waals surface area (Å²) in [7, 11) is -1.72. The van der Waals surface area contributed by atoms with E-state index >= 15 is 0 Å². The van der Waals surface area contributed by atoms with Crippen molar-refractivity contribution in [3.8, 4) is 11.5 Å². The molecule has 0 unspecified atom stereocenters. The summed E-state index contributed by atoms with van der Waals surface area (Å²) in [5, 5.41) is 8.18. The second-order valence-electron chi connectivity index (χ2n) is 6.48. The van der Waals surface area contributed by atoms with Gasteiger partial charge in [-0.05, 0) is 31.3 Å². The third-order valence-electron chi connectivity index (χ3n) is 4.54. The van der Waals surface area contributed by atoms with Gasteiger partial charge in [0.15, 0.2) is 23.1 Å². The molecule has 0 saturated carbocycles. The lowest BCUT2D eigenvalue weighted by atomic mass is 10.3. The van der Waals surface area contributed by atoms with Crippen LogP contribution in [0, 0.1) is 0 Å². The summed E-state index contributed by atoms with van der Waals surface area (Å²) in [5.74, 6) is 1.87. The SMILES string of the molecule is CN1CCN(c2ccc(NS(=O)(=O)c3ccc4c(c3)OCCO4)nn2)CC1. The number of rotatable bonds is 4. The molecule has 0 amide bonds. The van der Waals surface area contributed by atoms with Crippen LogP contribution in [0.2, 0.25) is 0 Å². The highest BCUT2D eigenvalue weighted by Gasteiger charge is 2.21. The third-order valence-corrected chi connectivity index (χ3v) is 5.89. The normalized spacial score (nSPS) is 17.6. The predicted octanol–water partition coefficient (Wildman–Crippen LogP) is 0.800. The number of piperazine rings is 1. The van der Waals surface area contributed by atoms with Crippen molar-refractivity contribution >= 4 is 21.7 Å². The van der Waals surface area contributed by atoms with Crippen molar-refractivity contribution in [2.75, 3.05) is 56.1 Å². The van der Waals surface area contributed by atoms with Crippen molar-refractivity contribution in [3.63, 3.8) is 0 Å². The average molecular weight is 391 g/mol. The summed E-state index contributed by atoms with van der Waals surface area (Å²) in [5.41, 5.74) is 0. The van der Waals surface area contributed by atoms with Crippen LogP contribution in [0.3, 0.4) is 0 Å². The molecule has 2 aromatic rings. The van der Waals surface area contributed by atoms with Crippen LogP contribution in [-0.4, -0.2) is 70.0 Å². The molecule has 0 aliphatic carbocycles.